The first-order chi connectivity index (χ1) is 10.1. The molecule has 5 nitrogen and oxygen atoms in total. The van der Waals surface area contributed by atoms with Crippen LogP contribution < -0.4 is 16.4 Å². The summed E-state index contributed by atoms with van der Waals surface area (Å²) in [4.78, 5) is 23.0. The predicted octanol–water partition coefficient (Wildman–Crippen LogP) is 2.73. The average molecular weight is 317 g/mol. The van der Waals surface area contributed by atoms with Gasteiger partial charge in [-0.15, -0.1) is 0 Å². The summed E-state index contributed by atoms with van der Waals surface area (Å²) in [5.74, 6) is -0.414. The van der Waals surface area contributed by atoms with Gasteiger partial charge in [-0.2, -0.15) is 13.2 Å². The number of hydrogen-bond acceptors (Lipinski definition) is 2. The highest BCUT2D eigenvalue weighted by molar-refractivity contribution is 5.96. The van der Waals surface area contributed by atoms with Crippen molar-refractivity contribution in [2.45, 2.75) is 32.5 Å². The van der Waals surface area contributed by atoms with Crippen LogP contribution in [0.3, 0.4) is 0 Å². The van der Waals surface area contributed by atoms with Crippen LogP contribution in [0.1, 0.15) is 25.8 Å². The molecule has 0 aliphatic rings. The van der Waals surface area contributed by atoms with Gasteiger partial charge in [0.1, 0.15) is 6.04 Å². The first kappa shape index (κ1) is 17.8. The molecule has 1 aromatic rings. The summed E-state index contributed by atoms with van der Waals surface area (Å²) < 4.78 is 37.3. The lowest BCUT2D eigenvalue weighted by atomic mass is 10.0. The monoisotopic (exact) mass is 317 g/mol. The lowest BCUT2D eigenvalue weighted by Gasteiger charge is -2.19. The smallest absolute Gasteiger partial charge is 0.352 e. The standard InChI is InChI=1S/C14H18F3N3O2/c1-8(2)7-11(20-13(18)22)12(21)19-10-5-3-9(4-6-10)14(15,16)17/h3-6,8,11H,7H2,1-2H3,(H,19,21)(H3,18,20,22)/t11-/m1/s1. The summed E-state index contributed by atoms with van der Waals surface area (Å²) in [5, 5.41) is 4.77. The highest BCUT2D eigenvalue weighted by atomic mass is 19.4. The Balaban J connectivity index is 2.78. The third-order valence-electron chi connectivity index (χ3n) is 2.82. The Labute approximate surface area is 126 Å². The Kier molecular flexibility index (Phi) is 5.78. The number of benzene rings is 1. The summed E-state index contributed by atoms with van der Waals surface area (Å²) in [6, 6.07) is 2.35. The Morgan fingerprint density at radius 2 is 1.73 bits per heavy atom. The lowest BCUT2D eigenvalue weighted by molar-refractivity contribution is -0.137. The summed E-state index contributed by atoms with van der Waals surface area (Å²) in [5.41, 5.74) is 4.41. The second-order valence-corrected chi connectivity index (χ2v) is 5.26. The van der Waals surface area contributed by atoms with Gasteiger partial charge in [0, 0.05) is 5.69 Å². The summed E-state index contributed by atoms with van der Waals surface area (Å²) in [7, 11) is 0. The first-order valence-corrected chi connectivity index (χ1v) is 6.63. The predicted molar refractivity (Wildman–Crippen MR) is 76.0 cm³/mol. The molecule has 1 rings (SSSR count). The molecular weight excluding hydrogens is 299 g/mol. The molecule has 0 radical (unpaired) electrons. The quantitative estimate of drug-likeness (QED) is 0.780. The summed E-state index contributed by atoms with van der Waals surface area (Å²) >= 11 is 0. The molecule has 0 aromatic heterocycles. The van der Waals surface area contributed by atoms with Crippen molar-refractivity contribution in [3.8, 4) is 0 Å². The zero-order valence-corrected chi connectivity index (χ0v) is 12.2. The molecule has 0 spiro atoms. The van der Waals surface area contributed by atoms with Crippen molar-refractivity contribution in [2.75, 3.05) is 5.32 Å². The van der Waals surface area contributed by atoms with Crippen LogP contribution >= 0.6 is 0 Å². The van der Waals surface area contributed by atoms with Gasteiger partial charge in [0.2, 0.25) is 5.91 Å². The van der Waals surface area contributed by atoms with E-state index in [1.54, 1.807) is 0 Å². The fourth-order valence-electron chi connectivity index (χ4n) is 1.85. The number of halogens is 3. The van der Waals surface area contributed by atoms with Gasteiger partial charge in [-0.1, -0.05) is 13.8 Å². The van der Waals surface area contributed by atoms with Crippen molar-refractivity contribution < 1.29 is 22.8 Å². The highest BCUT2D eigenvalue weighted by Gasteiger charge is 2.30. The minimum atomic E-state index is -4.43. The number of nitrogens with two attached hydrogens (primary N) is 1. The van der Waals surface area contributed by atoms with Gasteiger partial charge in [0.15, 0.2) is 0 Å². The van der Waals surface area contributed by atoms with Crippen LogP contribution in [0, 0.1) is 5.92 Å². The van der Waals surface area contributed by atoms with Crippen LogP contribution in [-0.2, 0) is 11.0 Å². The number of nitrogens with one attached hydrogen (secondary N) is 2. The Bertz CT molecular complexity index is 527. The van der Waals surface area contributed by atoms with E-state index in [0.29, 0.717) is 6.42 Å². The van der Waals surface area contributed by atoms with Crippen molar-refractivity contribution >= 4 is 17.6 Å². The number of alkyl halides is 3. The van der Waals surface area contributed by atoms with Crippen LogP contribution in [0.25, 0.3) is 0 Å². The molecule has 1 atom stereocenters. The molecule has 3 amide bonds. The Hall–Kier alpha value is -2.25. The normalized spacial score (nSPS) is 12.8. The van der Waals surface area contributed by atoms with Gasteiger partial charge < -0.3 is 16.4 Å². The molecule has 22 heavy (non-hydrogen) atoms. The number of anilines is 1. The van der Waals surface area contributed by atoms with E-state index in [-0.39, 0.29) is 11.6 Å². The maximum atomic E-state index is 12.4. The zero-order chi connectivity index (χ0) is 16.9. The minimum absolute atomic E-state index is 0.121. The molecule has 122 valence electrons. The molecule has 0 unspecified atom stereocenters. The fraction of sp³-hybridized carbons (Fsp3) is 0.429. The Morgan fingerprint density at radius 1 is 1.18 bits per heavy atom. The number of urea groups is 1. The SMILES string of the molecule is CC(C)C[C@@H](NC(N)=O)C(=O)Nc1ccc(C(F)(F)F)cc1. The van der Waals surface area contributed by atoms with Crippen molar-refractivity contribution in [2.24, 2.45) is 11.7 Å². The third kappa shape index (κ3) is 5.63. The number of rotatable bonds is 5. The van der Waals surface area contributed by atoms with Gasteiger partial charge in [0.25, 0.3) is 0 Å². The van der Waals surface area contributed by atoms with Crippen molar-refractivity contribution in [1.29, 1.82) is 0 Å². The van der Waals surface area contributed by atoms with E-state index < -0.39 is 29.7 Å². The number of carbonyl (C=O) groups excluding carboxylic acids is 2. The molecule has 0 aliphatic carbocycles. The van der Waals surface area contributed by atoms with E-state index >= 15 is 0 Å². The van der Waals surface area contributed by atoms with E-state index in [1.807, 2.05) is 13.8 Å². The van der Waals surface area contributed by atoms with E-state index in [0.717, 1.165) is 24.3 Å². The van der Waals surface area contributed by atoms with Crippen LogP contribution in [-0.4, -0.2) is 18.0 Å². The van der Waals surface area contributed by atoms with Crippen LogP contribution in [0.2, 0.25) is 0 Å². The van der Waals surface area contributed by atoms with E-state index in [2.05, 4.69) is 10.6 Å². The van der Waals surface area contributed by atoms with Crippen molar-refractivity contribution in [3.05, 3.63) is 29.8 Å². The highest BCUT2D eigenvalue weighted by Crippen LogP contribution is 2.29. The van der Waals surface area contributed by atoms with Crippen molar-refractivity contribution in [1.82, 2.24) is 5.32 Å². The molecule has 0 aliphatic heterocycles. The Morgan fingerprint density at radius 3 is 2.14 bits per heavy atom. The third-order valence-corrected chi connectivity index (χ3v) is 2.82. The second-order valence-electron chi connectivity index (χ2n) is 5.26. The minimum Gasteiger partial charge on any atom is -0.352 e. The summed E-state index contributed by atoms with van der Waals surface area (Å²) in [6.07, 6.45) is -4.08. The maximum Gasteiger partial charge on any atom is 0.416 e. The van der Waals surface area contributed by atoms with Crippen molar-refractivity contribution in [3.63, 3.8) is 0 Å². The number of hydrogen-bond donors (Lipinski definition) is 3. The van der Waals surface area contributed by atoms with E-state index in [1.165, 1.54) is 0 Å². The van der Waals surface area contributed by atoms with Gasteiger partial charge in [-0.05, 0) is 36.6 Å². The van der Waals surface area contributed by atoms with E-state index in [4.69, 9.17) is 5.73 Å². The van der Waals surface area contributed by atoms with Gasteiger partial charge in [-0.3, -0.25) is 4.79 Å². The molecule has 0 saturated heterocycles. The molecule has 0 fully saturated rings. The zero-order valence-electron chi connectivity index (χ0n) is 12.2. The number of amides is 3. The van der Waals surface area contributed by atoms with Crippen LogP contribution in [0.5, 0.6) is 0 Å². The molecule has 0 saturated carbocycles. The molecular formula is C14H18F3N3O2. The molecule has 1 aromatic carbocycles. The van der Waals surface area contributed by atoms with Gasteiger partial charge >= 0.3 is 12.2 Å². The van der Waals surface area contributed by atoms with Crippen LogP contribution in [0.15, 0.2) is 24.3 Å². The van der Waals surface area contributed by atoms with Crippen LogP contribution in [0.4, 0.5) is 23.7 Å². The van der Waals surface area contributed by atoms with Gasteiger partial charge in [0.05, 0.1) is 5.56 Å². The molecule has 8 heteroatoms. The molecule has 0 bridgehead atoms. The number of primary amides is 1. The first-order valence-electron chi connectivity index (χ1n) is 6.63. The lowest BCUT2D eigenvalue weighted by Crippen LogP contribution is -2.46. The maximum absolute atomic E-state index is 12.4. The average Bonchev–Trinajstić information content (AvgIpc) is 2.36. The second kappa shape index (κ2) is 7.15. The molecule has 0 heterocycles. The van der Waals surface area contributed by atoms with Gasteiger partial charge in [-0.25, -0.2) is 4.79 Å². The topological polar surface area (TPSA) is 84.2 Å². The fourth-order valence-corrected chi connectivity index (χ4v) is 1.85. The van der Waals surface area contributed by atoms with E-state index in [9.17, 15) is 22.8 Å². The number of carbonyl (C=O) groups is 2. The molecule has 4 N–H and O–H groups in total. The largest absolute Gasteiger partial charge is 0.416 e. The summed E-state index contributed by atoms with van der Waals surface area (Å²) in [6.45, 7) is 3.72.